The molecule has 0 aliphatic heterocycles. The van der Waals surface area contributed by atoms with Crippen LogP contribution in [0.3, 0.4) is 0 Å². The number of unbranched alkanes of at least 4 members (excludes halogenated alkanes) is 1. The first kappa shape index (κ1) is 29.1. The summed E-state index contributed by atoms with van der Waals surface area (Å²) in [6.45, 7) is 7.19. The Labute approximate surface area is 184 Å². The van der Waals surface area contributed by atoms with E-state index in [4.69, 9.17) is 23.5 Å². The number of carbonyl (C=O) groups is 3. The first-order valence-corrected chi connectivity index (χ1v) is 12.5. The summed E-state index contributed by atoms with van der Waals surface area (Å²) in [6, 6.07) is 0. The van der Waals surface area contributed by atoms with Gasteiger partial charge in [0.1, 0.15) is 0 Å². The number of esters is 3. The number of ether oxygens (including phenoxy) is 4. The van der Waals surface area contributed by atoms with Gasteiger partial charge in [-0.3, -0.25) is 9.36 Å². The van der Waals surface area contributed by atoms with Crippen LogP contribution in [0, 0.1) is 0 Å². The van der Waals surface area contributed by atoms with Crippen LogP contribution in [0.15, 0.2) is 4.99 Å². The van der Waals surface area contributed by atoms with Gasteiger partial charge in [-0.05, 0) is 40.5 Å². The van der Waals surface area contributed by atoms with Crippen LogP contribution in [-0.2, 0) is 42.4 Å². The Morgan fingerprint density at radius 2 is 1.45 bits per heavy atom. The molecular weight excluding hydrogens is 429 g/mol. The summed E-state index contributed by atoms with van der Waals surface area (Å²) >= 11 is 0. The van der Waals surface area contributed by atoms with E-state index in [1.165, 1.54) is 7.11 Å². The van der Waals surface area contributed by atoms with Crippen LogP contribution in [0.1, 0.15) is 53.4 Å². The molecule has 0 radical (unpaired) electrons. The highest BCUT2D eigenvalue weighted by molar-refractivity contribution is 7.58. The van der Waals surface area contributed by atoms with Gasteiger partial charge in [0.05, 0.1) is 33.5 Å². The van der Waals surface area contributed by atoms with Crippen LogP contribution in [0.5, 0.6) is 0 Å². The third-order valence-corrected chi connectivity index (χ3v) is 6.85. The van der Waals surface area contributed by atoms with Gasteiger partial charge < -0.3 is 23.5 Å². The van der Waals surface area contributed by atoms with Gasteiger partial charge in [-0.2, -0.15) is 0 Å². The zero-order valence-electron chi connectivity index (χ0n) is 19.2. The van der Waals surface area contributed by atoms with Crippen molar-refractivity contribution >= 4 is 31.7 Å². The smallest absolute Gasteiger partial charge is 0.345 e. The van der Waals surface area contributed by atoms with Crippen molar-refractivity contribution in [1.82, 2.24) is 0 Å². The number of carbonyl (C=O) groups excluding carboxylic acids is 3. The maximum Gasteiger partial charge on any atom is 0.345 e. The quantitative estimate of drug-likeness (QED) is 0.0606. The lowest BCUT2D eigenvalue weighted by molar-refractivity contribution is -0.164. The van der Waals surface area contributed by atoms with E-state index >= 15 is 0 Å². The maximum atomic E-state index is 13.3. The summed E-state index contributed by atoms with van der Waals surface area (Å²) < 4.78 is 38.6. The van der Waals surface area contributed by atoms with Crippen molar-refractivity contribution in [1.29, 1.82) is 0 Å². The van der Waals surface area contributed by atoms with Crippen LogP contribution < -0.4 is 0 Å². The van der Waals surface area contributed by atoms with Gasteiger partial charge in [-0.15, -0.1) is 0 Å². The molecule has 0 aliphatic carbocycles. The number of rotatable bonds is 17. The molecule has 0 N–H and O–H groups in total. The van der Waals surface area contributed by atoms with Gasteiger partial charge in [0.25, 0.3) is 5.54 Å². The first-order valence-electron chi connectivity index (χ1n) is 10.5. The average Bonchev–Trinajstić information content (AvgIpc) is 2.72. The summed E-state index contributed by atoms with van der Waals surface area (Å²) in [5.41, 5.74) is -2.04. The van der Waals surface area contributed by atoms with E-state index < -0.39 is 24.8 Å². The molecule has 180 valence electrons. The monoisotopic (exact) mass is 465 g/mol. The highest BCUT2D eigenvalue weighted by Gasteiger charge is 2.50. The maximum absolute atomic E-state index is 13.3. The van der Waals surface area contributed by atoms with Crippen LogP contribution in [0.25, 0.3) is 0 Å². The van der Waals surface area contributed by atoms with Gasteiger partial charge in [-0.25, -0.2) is 14.6 Å². The number of nitrogens with zero attached hydrogens (tertiary/aromatic N) is 1. The van der Waals surface area contributed by atoms with Gasteiger partial charge in [0, 0.05) is 25.2 Å². The van der Waals surface area contributed by atoms with Crippen molar-refractivity contribution < 1.29 is 42.4 Å². The van der Waals surface area contributed by atoms with Crippen molar-refractivity contribution in [3.8, 4) is 0 Å². The standard InChI is InChI=1S/C20H36NO9P/c1-6-27-17(22)12-10-11-14-31(25,30-9-4)15-13-20(21-16-26-5,18(23)28-7-2)19(24)29-8-3/h16H,6-15H2,1-5H3. The Hall–Kier alpha value is -1.93. The lowest BCUT2D eigenvalue weighted by Crippen LogP contribution is -2.48. The molecule has 0 bridgehead atoms. The Bertz CT molecular complexity index is 618. The van der Waals surface area contributed by atoms with Crippen LogP contribution in [-0.4, -0.2) is 75.7 Å². The van der Waals surface area contributed by atoms with Crippen molar-refractivity contribution in [2.24, 2.45) is 4.99 Å². The fourth-order valence-corrected chi connectivity index (χ4v) is 5.09. The molecule has 0 aliphatic rings. The minimum Gasteiger partial charge on any atom is -0.487 e. The predicted octanol–water partition coefficient (Wildman–Crippen LogP) is 2.96. The zero-order chi connectivity index (χ0) is 23.8. The second-order valence-electron chi connectivity index (χ2n) is 6.46. The zero-order valence-corrected chi connectivity index (χ0v) is 20.1. The Balaban J connectivity index is 5.49. The lowest BCUT2D eigenvalue weighted by atomic mass is 9.97. The van der Waals surface area contributed by atoms with E-state index in [1.54, 1.807) is 27.7 Å². The van der Waals surface area contributed by atoms with Gasteiger partial charge >= 0.3 is 17.9 Å². The third kappa shape index (κ3) is 10.3. The molecule has 10 nitrogen and oxygen atoms in total. The molecule has 0 aromatic heterocycles. The molecule has 1 atom stereocenters. The minimum absolute atomic E-state index is 0.0273. The molecule has 0 aromatic rings. The molecular formula is C20H36NO9P. The number of hydrogen-bond acceptors (Lipinski definition) is 10. The van der Waals surface area contributed by atoms with Crippen LogP contribution >= 0.6 is 7.37 Å². The summed E-state index contributed by atoms with van der Waals surface area (Å²) in [7, 11) is -1.90. The molecule has 11 heteroatoms. The number of hydrogen-bond donors (Lipinski definition) is 0. The second-order valence-corrected chi connectivity index (χ2v) is 9.24. The predicted molar refractivity (Wildman–Crippen MR) is 116 cm³/mol. The lowest BCUT2D eigenvalue weighted by Gasteiger charge is -2.27. The van der Waals surface area contributed by atoms with E-state index in [9.17, 15) is 18.9 Å². The topological polar surface area (TPSA) is 127 Å². The van der Waals surface area contributed by atoms with E-state index in [-0.39, 0.29) is 51.0 Å². The Morgan fingerprint density at radius 1 is 0.871 bits per heavy atom. The summed E-state index contributed by atoms with van der Waals surface area (Å²) in [5, 5.41) is 0. The Morgan fingerprint density at radius 3 is 1.94 bits per heavy atom. The molecule has 0 saturated heterocycles. The molecule has 0 aromatic carbocycles. The van der Waals surface area contributed by atoms with Crippen molar-refractivity contribution in [2.45, 2.75) is 58.9 Å². The van der Waals surface area contributed by atoms with Crippen LogP contribution in [0.2, 0.25) is 0 Å². The summed E-state index contributed by atoms with van der Waals surface area (Å²) in [6.07, 6.45) is 1.98. The van der Waals surface area contributed by atoms with Gasteiger partial charge in [0.2, 0.25) is 7.37 Å². The fourth-order valence-electron chi connectivity index (χ4n) is 2.76. The molecule has 0 rings (SSSR count). The van der Waals surface area contributed by atoms with Crippen molar-refractivity contribution in [3.05, 3.63) is 0 Å². The number of methoxy groups -OCH3 is 1. The Kier molecular flexibility index (Phi) is 14.8. The molecule has 0 heterocycles. The van der Waals surface area contributed by atoms with E-state index in [0.29, 0.717) is 19.4 Å². The summed E-state index contributed by atoms with van der Waals surface area (Å²) in [5.74, 6) is -2.13. The molecule has 0 amide bonds. The largest absolute Gasteiger partial charge is 0.487 e. The SMILES string of the molecule is CCOC(=O)CCCCP(=O)(CCC(N=COC)(C(=O)OCC)C(=O)OCC)OCC. The molecule has 1 unspecified atom stereocenters. The first-order chi connectivity index (χ1) is 14.7. The molecule has 0 spiro atoms. The molecule has 0 saturated carbocycles. The van der Waals surface area contributed by atoms with E-state index in [2.05, 4.69) is 4.99 Å². The molecule has 0 fully saturated rings. The number of aliphatic imine (C=N–C) groups is 1. The van der Waals surface area contributed by atoms with Gasteiger partial charge in [0.15, 0.2) is 6.40 Å². The normalized spacial score (nSPS) is 13.5. The third-order valence-electron chi connectivity index (χ3n) is 4.22. The fraction of sp³-hybridized carbons (Fsp3) is 0.800. The van der Waals surface area contributed by atoms with E-state index in [1.807, 2.05) is 0 Å². The summed E-state index contributed by atoms with van der Waals surface area (Å²) in [4.78, 5) is 40.8. The average molecular weight is 465 g/mol. The minimum atomic E-state index is -3.22. The second kappa shape index (κ2) is 15.8. The van der Waals surface area contributed by atoms with E-state index in [0.717, 1.165) is 6.40 Å². The highest BCUT2D eigenvalue weighted by atomic mass is 31.2. The van der Waals surface area contributed by atoms with Crippen molar-refractivity contribution in [2.75, 3.05) is 45.9 Å². The van der Waals surface area contributed by atoms with Crippen molar-refractivity contribution in [3.63, 3.8) is 0 Å². The molecule has 31 heavy (non-hydrogen) atoms. The van der Waals surface area contributed by atoms with Gasteiger partial charge in [-0.1, -0.05) is 0 Å². The highest BCUT2D eigenvalue weighted by Crippen LogP contribution is 2.49. The van der Waals surface area contributed by atoms with Crippen LogP contribution in [0.4, 0.5) is 0 Å².